The third-order valence-electron chi connectivity index (χ3n) is 4.02. The Balaban J connectivity index is 1.65. The van der Waals surface area contributed by atoms with Crippen LogP contribution in [0.2, 0.25) is 0 Å². The highest BCUT2D eigenvalue weighted by molar-refractivity contribution is 6.02. The summed E-state index contributed by atoms with van der Waals surface area (Å²) < 4.78 is 5.69. The minimum Gasteiger partial charge on any atom is -0.477 e. The van der Waals surface area contributed by atoms with Gasteiger partial charge in [-0.2, -0.15) is 0 Å². The maximum atomic E-state index is 12.3. The van der Waals surface area contributed by atoms with Gasteiger partial charge in [-0.3, -0.25) is 14.9 Å². The van der Waals surface area contributed by atoms with Crippen LogP contribution in [0.15, 0.2) is 54.6 Å². The third-order valence-corrected chi connectivity index (χ3v) is 4.02. The summed E-state index contributed by atoms with van der Waals surface area (Å²) in [6, 6.07) is 15.3. The van der Waals surface area contributed by atoms with E-state index >= 15 is 0 Å². The lowest BCUT2D eigenvalue weighted by Gasteiger charge is -2.34. The van der Waals surface area contributed by atoms with Gasteiger partial charge in [-0.05, 0) is 24.3 Å². The molecule has 1 heterocycles. The van der Waals surface area contributed by atoms with Crippen molar-refractivity contribution in [2.24, 2.45) is 0 Å². The Labute approximate surface area is 156 Å². The summed E-state index contributed by atoms with van der Waals surface area (Å²) in [6.45, 7) is 0.112. The molecule has 3 N–H and O–H groups in total. The average Bonchev–Trinajstić information content (AvgIpc) is 2.67. The average molecular weight is 368 g/mol. The molecule has 0 radical (unpaired) electrons. The van der Waals surface area contributed by atoms with E-state index in [9.17, 15) is 14.4 Å². The summed E-state index contributed by atoms with van der Waals surface area (Å²) in [5, 5.41) is 7.42. The molecule has 0 saturated carbocycles. The van der Waals surface area contributed by atoms with E-state index in [2.05, 4.69) is 16.0 Å². The van der Waals surface area contributed by atoms with Crippen molar-refractivity contribution < 1.29 is 19.1 Å². The number of rotatable bonds is 4. The van der Waals surface area contributed by atoms with Gasteiger partial charge in [0.15, 0.2) is 6.10 Å². The van der Waals surface area contributed by atoms with E-state index in [1.807, 2.05) is 12.1 Å². The molecule has 0 bridgehead atoms. The highest BCUT2D eigenvalue weighted by atomic mass is 16.5. The third kappa shape index (κ3) is 4.55. The van der Waals surface area contributed by atoms with Crippen molar-refractivity contribution in [3.05, 3.63) is 54.6 Å². The first-order valence-electron chi connectivity index (χ1n) is 8.45. The van der Waals surface area contributed by atoms with E-state index in [1.54, 1.807) is 47.4 Å². The fourth-order valence-electron chi connectivity index (χ4n) is 2.78. The lowest BCUT2D eigenvalue weighted by Crippen LogP contribution is -2.51. The number of likely N-dealkylation sites (N-methyl/N-ethyl adjacent to an activating group) is 1. The number of nitrogens with zero attached hydrogens (tertiary/aromatic N) is 1. The molecule has 0 aliphatic carbocycles. The normalized spacial score (nSPS) is 15.1. The number of nitrogens with one attached hydrogen (secondary N) is 3. The van der Waals surface area contributed by atoms with Gasteiger partial charge in [-0.15, -0.1) is 0 Å². The van der Waals surface area contributed by atoms with Crippen LogP contribution >= 0.6 is 0 Å². The van der Waals surface area contributed by atoms with Gasteiger partial charge in [0, 0.05) is 12.7 Å². The molecule has 1 aliphatic rings. The zero-order valence-electron chi connectivity index (χ0n) is 14.8. The van der Waals surface area contributed by atoms with Crippen LogP contribution in [0.3, 0.4) is 0 Å². The maximum absolute atomic E-state index is 12.3. The quantitative estimate of drug-likeness (QED) is 0.756. The van der Waals surface area contributed by atoms with E-state index in [1.165, 1.54) is 7.05 Å². The van der Waals surface area contributed by atoms with Crippen LogP contribution in [-0.4, -0.2) is 44.1 Å². The number of benzene rings is 2. The van der Waals surface area contributed by atoms with Gasteiger partial charge in [0.25, 0.3) is 5.91 Å². The molecule has 0 unspecified atom stereocenters. The van der Waals surface area contributed by atoms with Gasteiger partial charge in [0.2, 0.25) is 5.91 Å². The second kappa shape index (κ2) is 8.22. The first kappa shape index (κ1) is 18.2. The number of amides is 4. The van der Waals surface area contributed by atoms with Crippen LogP contribution in [0, 0.1) is 0 Å². The van der Waals surface area contributed by atoms with Gasteiger partial charge in [-0.25, -0.2) is 4.79 Å². The van der Waals surface area contributed by atoms with Crippen LogP contribution in [0.1, 0.15) is 0 Å². The molecule has 2 aromatic carbocycles. The number of carbonyl (C=O) groups is 3. The number of fused-ring (bicyclic) bond motifs is 1. The zero-order valence-corrected chi connectivity index (χ0v) is 14.8. The number of carbonyl (C=O) groups excluding carboxylic acids is 3. The molecule has 0 aromatic heterocycles. The monoisotopic (exact) mass is 368 g/mol. The number of anilines is 2. The Morgan fingerprint density at radius 3 is 2.52 bits per heavy atom. The summed E-state index contributed by atoms with van der Waals surface area (Å²) in [5.74, 6) is -0.258. The summed E-state index contributed by atoms with van der Waals surface area (Å²) in [7, 11) is 1.52. The topological polar surface area (TPSA) is 99.8 Å². The summed E-state index contributed by atoms with van der Waals surface area (Å²) in [4.78, 5) is 38.0. The second-order valence-electron chi connectivity index (χ2n) is 5.94. The van der Waals surface area contributed by atoms with E-state index in [4.69, 9.17) is 4.74 Å². The summed E-state index contributed by atoms with van der Waals surface area (Å²) in [6.07, 6.45) is -0.740. The SMILES string of the molecule is CNC(=O)[C@@H]1CN(CC(=O)NC(=O)Nc2ccccc2)c2ccccc2O1. The molecule has 27 heavy (non-hydrogen) atoms. The number of hydrogen-bond acceptors (Lipinski definition) is 5. The summed E-state index contributed by atoms with van der Waals surface area (Å²) in [5.41, 5.74) is 1.27. The van der Waals surface area contributed by atoms with E-state index in [0.29, 0.717) is 17.1 Å². The first-order chi connectivity index (χ1) is 13.1. The van der Waals surface area contributed by atoms with Crippen molar-refractivity contribution in [2.75, 3.05) is 30.4 Å². The van der Waals surface area contributed by atoms with E-state index < -0.39 is 18.0 Å². The van der Waals surface area contributed by atoms with Crippen LogP contribution in [0.5, 0.6) is 5.75 Å². The van der Waals surface area contributed by atoms with Crippen LogP contribution in [0.4, 0.5) is 16.2 Å². The molecule has 3 rings (SSSR count). The molecule has 0 fully saturated rings. The Kier molecular flexibility index (Phi) is 5.55. The second-order valence-corrected chi connectivity index (χ2v) is 5.94. The van der Waals surface area contributed by atoms with Crippen molar-refractivity contribution in [1.82, 2.24) is 10.6 Å². The van der Waals surface area contributed by atoms with Gasteiger partial charge in [0.1, 0.15) is 5.75 Å². The minimum atomic E-state index is -0.740. The first-order valence-corrected chi connectivity index (χ1v) is 8.45. The smallest absolute Gasteiger partial charge is 0.325 e. The summed E-state index contributed by atoms with van der Waals surface area (Å²) >= 11 is 0. The number of para-hydroxylation sites is 3. The standard InChI is InChI=1S/C19H20N4O4/c1-20-18(25)16-11-23(14-9-5-6-10-15(14)27-16)12-17(24)22-19(26)21-13-7-3-2-4-8-13/h2-10,16H,11-12H2,1H3,(H,20,25)(H2,21,22,24,26)/t16-/m0/s1. The number of ether oxygens (including phenoxy) is 1. The fraction of sp³-hybridized carbons (Fsp3) is 0.211. The Hall–Kier alpha value is -3.55. The minimum absolute atomic E-state index is 0.0872. The van der Waals surface area contributed by atoms with Crippen LogP contribution in [-0.2, 0) is 9.59 Å². The van der Waals surface area contributed by atoms with E-state index in [0.717, 1.165) is 0 Å². The number of imide groups is 1. The lowest BCUT2D eigenvalue weighted by molar-refractivity contribution is -0.127. The zero-order chi connectivity index (χ0) is 19.2. The van der Waals surface area contributed by atoms with Crippen LogP contribution in [0.25, 0.3) is 0 Å². The molecule has 8 heteroatoms. The molecule has 8 nitrogen and oxygen atoms in total. The Morgan fingerprint density at radius 1 is 1.07 bits per heavy atom. The number of hydrogen-bond donors (Lipinski definition) is 3. The molecule has 140 valence electrons. The van der Waals surface area contributed by atoms with Crippen LogP contribution < -0.4 is 25.6 Å². The van der Waals surface area contributed by atoms with Gasteiger partial charge < -0.3 is 20.3 Å². The molecule has 0 saturated heterocycles. The van der Waals surface area contributed by atoms with Crippen molar-refractivity contribution in [1.29, 1.82) is 0 Å². The van der Waals surface area contributed by atoms with E-state index in [-0.39, 0.29) is 19.0 Å². The molecular formula is C19H20N4O4. The Bertz CT molecular complexity index is 841. The molecule has 1 atom stereocenters. The highest BCUT2D eigenvalue weighted by Crippen LogP contribution is 2.32. The van der Waals surface area contributed by atoms with Gasteiger partial charge in [0.05, 0.1) is 18.8 Å². The molecule has 4 amide bonds. The molecule has 1 aliphatic heterocycles. The van der Waals surface area contributed by atoms with Crippen molar-refractivity contribution in [3.63, 3.8) is 0 Å². The van der Waals surface area contributed by atoms with Gasteiger partial charge >= 0.3 is 6.03 Å². The van der Waals surface area contributed by atoms with Crippen molar-refractivity contribution in [2.45, 2.75) is 6.10 Å². The number of urea groups is 1. The molecule has 0 spiro atoms. The molecular weight excluding hydrogens is 348 g/mol. The predicted octanol–water partition coefficient (Wildman–Crippen LogP) is 1.35. The van der Waals surface area contributed by atoms with Crippen molar-refractivity contribution in [3.8, 4) is 5.75 Å². The Morgan fingerprint density at radius 2 is 1.78 bits per heavy atom. The highest BCUT2D eigenvalue weighted by Gasteiger charge is 2.31. The predicted molar refractivity (Wildman–Crippen MR) is 101 cm³/mol. The maximum Gasteiger partial charge on any atom is 0.325 e. The molecule has 2 aromatic rings. The largest absolute Gasteiger partial charge is 0.477 e. The fourth-order valence-corrected chi connectivity index (χ4v) is 2.78. The van der Waals surface area contributed by atoms with Gasteiger partial charge in [-0.1, -0.05) is 30.3 Å². The lowest BCUT2D eigenvalue weighted by atomic mass is 10.1. The van der Waals surface area contributed by atoms with Crippen molar-refractivity contribution >= 4 is 29.2 Å².